The lowest BCUT2D eigenvalue weighted by molar-refractivity contribution is -0.141. The number of carboxylic acids is 1. The Kier molecular flexibility index (Phi) is 3.90. The molecule has 1 aromatic rings. The Morgan fingerprint density at radius 2 is 2.06 bits per heavy atom. The van der Waals surface area contributed by atoms with E-state index in [0.717, 1.165) is 5.56 Å². The summed E-state index contributed by atoms with van der Waals surface area (Å²) in [6.07, 6.45) is 0. The molecule has 1 rings (SSSR count). The summed E-state index contributed by atoms with van der Waals surface area (Å²) in [5.41, 5.74) is 1.28. The molecule has 0 radical (unpaired) electrons. The summed E-state index contributed by atoms with van der Waals surface area (Å²) >= 11 is 5.84. The third kappa shape index (κ3) is 2.97. The molecule has 1 amide bonds. The second kappa shape index (κ2) is 4.99. The molecule has 0 aliphatic carbocycles. The van der Waals surface area contributed by atoms with Crippen molar-refractivity contribution in [1.29, 1.82) is 0 Å². The van der Waals surface area contributed by atoms with Crippen molar-refractivity contribution in [3.05, 3.63) is 34.3 Å². The Labute approximate surface area is 98.2 Å². The predicted octanol–water partition coefficient (Wildman–Crippen LogP) is 1.91. The smallest absolute Gasteiger partial charge is 0.330 e. The molecule has 0 saturated carbocycles. The zero-order valence-electron chi connectivity index (χ0n) is 8.95. The van der Waals surface area contributed by atoms with Crippen LogP contribution in [-0.2, 0) is 9.59 Å². The summed E-state index contributed by atoms with van der Waals surface area (Å²) in [6.45, 7) is 3.05. The minimum atomic E-state index is -1.10. The van der Waals surface area contributed by atoms with Gasteiger partial charge in [0.25, 0.3) is 0 Å². The van der Waals surface area contributed by atoms with Crippen LogP contribution in [0.3, 0.4) is 0 Å². The van der Waals surface area contributed by atoms with Gasteiger partial charge in [-0.05, 0) is 24.1 Å². The third-order valence-corrected chi connectivity index (χ3v) is 2.53. The van der Waals surface area contributed by atoms with E-state index in [4.69, 9.17) is 16.7 Å². The van der Waals surface area contributed by atoms with Crippen molar-refractivity contribution < 1.29 is 14.7 Å². The number of hydrogen-bond acceptors (Lipinski definition) is 2. The largest absolute Gasteiger partial charge is 0.479 e. The van der Waals surface area contributed by atoms with Gasteiger partial charge >= 0.3 is 5.97 Å². The van der Waals surface area contributed by atoms with Crippen LogP contribution in [0.15, 0.2) is 18.2 Å². The van der Waals surface area contributed by atoms with Crippen LogP contribution in [0.1, 0.15) is 24.1 Å². The van der Waals surface area contributed by atoms with Crippen LogP contribution in [0.2, 0.25) is 5.02 Å². The molecule has 1 unspecified atom stereocenters. The second-order valence-electron chi connectivity index (χ2n) is 3.48. The third-order valence-electron chi connectivity index (χ3n) is 2.11. The van der Waals surface area contributed by atoms with E-state index < -0.39 is 12.0 Å². The first-order valence-electron chi connectivity index (χ1n) is 4.67. The van der Waals surface area contributed by atoms with E-state index in [1.807, 2.05) is 0 Å². The first-order chi connectivity index (χ1) is 7.41. The molecule has 16 heavy (non-hydrogen) atoms. The number of nitrogens with one attached hydrogen (secondary N) is 1. The Morgan fingerprint density at radius 3 is 2.50 bits per heavy atom. The maximum atomic E-state index is 11.0. The van der Waals surface area contributed by atoms with Crippen LogP contribution in [0.4, 0.5) is 0 Å². The van der Waals surface area contributed by atoms with Gasteiger partial charge in [0.2, 0.25) is 5.91 Å². The monoisotopic (exact) mass is 241 g/mol. The molecule has 1 atom stereocenters. The van der Waals surface area contributed by atoms with Crippen LogP contribution in [-0.4, -0.2) is 17.0 Å². The lowest BCUT2D eigenvalue weighted by atomic mass is 10.0. The number of benzene rings is 1. The Morgan fingerprint density at radius 1 is 1.44 bits per heavy atom. The van der Waals surface area contributed by atoms with Crippen LogP contribution in [0.25, 0.3) is 0 Å². The van der Waals surface area contributed by atoms with Crippen molar-refractivity contribution in [2.24, 2.45) is 0 Å². The fourth-order valence-electron chi connectivity index (χ4n) is 1.34. The maximum absolute atomic E-state index is 11.0. The van der Waals surface area contributed by atoms with Gasteiger partial charge in [0.15, 0.2) is 6.04 Å². The molecule has 86 valence electrons. The number of carbonyl (C=O) groups excluding carboxylic acids is 1. The molecule has 0 fully saturated rings. The second-order valence-corrected chi connectivity index (χ2v) is 3.89. The van der Waals surface area contributed by atoms with Gasteiger partial charge in [-0.25, -0.2) is 4.79 Å². The van der Waals surface area contributed by atoms with Gasteiger partial charge < -0.3 is 10.4 Å². The molecule has 0 aliphatic heterocycles. The fraction of sp³-hybridized carbons (Fsp3) is 0.273. The van der Waals surface area contributed by atoms with E-state index in [1.165, 1.54) is 6.92 Å². The van der Waals surface area contributed by atoms with E-state index in [2.05, 4.69) is 5.32 Å². The molecule has 4 nitrogen and oxygen atoms in total. The van der Waals surface area contributed by atoms with E-state index in [1.54, 1.807) is 25.1 Å². The maximum Gasteiger partial charge on any atom is 0.330 e. The molecule has 0 aliphatic rings. The van der Waals surface area contributed by atoms with Crippen LogP contribution < -0.4 is 5.32 Å². The van der Waals surface area contributed by atoms with Crippen molar-refractivity contribution in [3.63, 3.8) is 0 Å². The van der Waals surface area contributed by atoms with Gasteiger partial charge in [-0.1, -0.05) is 23.7 Å². The SMILES string of the molecule is CC(=O)NC(C(=O)O)c1ccc(Cl)c(C)c1. The topological polar surface area (TPSA) is 66.4 Å². The molecule has 1 aromatic carbocycles. The van der Waals surface area contributed by atoms with Crippen LogP contribution in [0.5, 0.6) is 0 Å². The minimum Gasteiger partial charge on any atom is -0.479 e. The number of rotatable bonds is 3. The standard InChI is InChI=1S/C11H12ClNO3/c1-6-5-8(3-4-9(6)12)10(11(15)16)13-7(2)14/h3-5,10H,1-2H3,(H,13,14)(H,15,16). The van der Waals surface area contributed by atoms with Gasteiger partial charge in [-0.3, -0.25) is 4.79 Å². The lowest BCUT2D eigenvalue weighted by Gasteiger charge is -2.14. The Bertz CT molecular complexity index is 431. The highest BCUT2D eigenvalue weighted by Crippen LogP contribution is 2.21. The molecule has 0 bridgehead atoms. The first-order valence-corrected chi connectivity index (χ1v) is 5.05. The van der Waals surface area contributed by atoms with E-state index in [-0.39, 0.29) is 5.91 Å². The average Bonchev–Trinajstić information content (AvgIpc) is 2.18. The fourth-order valence-corrected chi connectivity index (χ4v) is 1.46. The van der Waals surface area contributed by atoms with Gasteiger partial charge in [-0.2, -0.15) is 0 Å². The number of carbonyl (C=O) groups is 2. The van der Waals surface area contributed by atoms with E-state index in [0.29, 0.717) is 10.6 Å². The summed E-state index contributed by atoms with van der Waals surface area (Å²) in [4.78, 5) is 21.9. The number of halogens is 1. The molecule has 0 heterocycles. The van der Waals surface area contributed by atoms with Crippen LogP contribution in [0, 0.1) is 6.92 Å². The van der Waals surface area contributed by atoms with Gasteiger partial charge in [0.05, 0.1) is 0 Å². The van der Waals surface area contributed by atoms with E-state index in [9.17, 15) is 9.59 Å². The van der Waals surface area contributed by atoms with Crippen molar-refractivity contribution in [3.8, 4) is 0 Å². The van der Waals surface area contributed by atoms with E-state index >= 15 is 0 Å². The normalized spacial score (nSPS) is 11.9. The van der Waals surface area contributed by atoms with Crippen molar-refractivity contribution >= 4 is 23.5 Å². The van der Waals surface area contributed by atoms with Crippen molar-refractivity contribution in [2.45, 2.75) is 19.9 Å². The zero-order chi connectivity index (χ0) is 12.3. The molecule has 0 saturated heterocycles. The van der Waals surface area contributed by atoms with Crippen molar-refractivity contribution in [1.82, 2.24) is 5.32 Å². The summed E-state index contributed by atoms with van der Waals surface area (Å²) in [5.74, 6) is -1.49. The predicted molar refractivity (Wildman–Crippen MR) is 60.4 cm³/mol. The van der Waals surface area contributed by atoms with Crippen LogP contribution >= 0.6 is 11.6 Å². The number of aryl methyl sites for hydroxylation is 1. The molecule has 0 aromatic heterocycles. The molecule has 2 N–H and O–H groups in total. The molecule has 0 spiro atoms. The van der Waals surface area contributed by atoms with Gasteiger partial charge in [0.1, 0.15) is 0 Å². The molecular formula is C11H12ClNO3. The number of amides is 1. The highest BCUT2D eigenvalue weighted by molar-refractivity contribution is 6.31. The summed E-state index contributed by atoms with van der Waals surface area (Å²) in [7, 11) is 0. The highest BCUT2D eigenvalue weighted by Gasteiger charge is 2.20. The summed E-state index contributed by atoms with van der Waals surface area (Å²) < 4.78 is 0. The first kappa shape index (κ1) is 12.5. The number of aliphatic carboxylic acids is 1. The Hall–Kier alpha value is -1.55. The van der Waals surface area contributed by atoms with Crippen molar-refractivity contribution in [2.75, 3.05) is 0 Å². The number of hydrogen-bond donors (Lipinski definition) is 2. The lowest BCUT2D eigenvalue weighted by Crippen LogP contribution is -2.31. The Balaban J connectivity index is 3.06. The van der Waals surface area contributed by atoms with Gasteiger partial charge in [-0.15, -0.1) is 0 Å². The zero-order valence-corrected chi connectivity index (χ0v) is 9.71. The number of carboxylic acid groups (broad SMARTS) is 1. The quantitative estimate of drug-likeness (QED) is 0.850. The summed E-state index contributed by atoms with van der Waals surface area (Å²) in [5, 5.41) is 11.9. The minimum absolute atomic E-state index is 0.389. The molecular weight excluding hydrogens is 230 g/mol. The summed E-state index contributed by atoms with van der Waals surface area (Å²) in [6, 6.07) is 3.82. The van der Waals surface area contributed by atoms with Gasteiger partial charge in [0, 0.05) is 11.9 Å². The average molecular weight is 242 g/mol. The molecule has 5 heteroatoms. The highest BCUT2D eigenvalue weighted by atomic mass is 35.5.